The summed E-state index contributed by atoms with van der Waals surface area (Å²) in [6.07, 6.45) is 1.79. The van der Waals surface area contributed by atoms with Crippen molar-refractivity contribution in [3.63, 3.8) is 0 Å². The lowest BCUT2D eigenvalue weighted by molar-refractivity contribution is 0.252. The Labute approximate surface area is 146 Å². The van der Waals surface area contributed by atoms with Crippen molar-refractivity contribution in [2.24, 2.45) is 0 Å². The Morgan fingerprint density at radius 3 is 2.75 bits per heavy atom. The molecule has 0 saturated carbocycles. The lowest BCUT2D eigenvalue weighted by Crippen LogP contribution is -1.97. The monoisotopic (exact) mass is 366 g/mol. The summed E-state index contributed by atoms with van der Waals surface area (Å²) in [5, 5.41) is 8.67. The largest absolute Gasteiger partial charge is 0.484 e. The van der Waals surface area contributed by atoms with Crippen LogP contribution in [-0.2, 0) is 13.0 Å². The fourth-order valence-corrected chi connectivity index (χ4v) is 2.62. The molecule has 0 fully saturated rings. The van der Waals surface area contributed by atoms with E-state index in [4.69, 9.17) is 20.8 Å². The number of hydrogen-bond donors (Lipinski definition) is 0. The number of aryl methyl sites for hydroxylation is 1. The molecule has 0 saturated heterocycles. The molecule has 3 rings (SSSR count). The fourth-order valence-electron chi connectivity index (χ4n) is 1.80. The average molecular weight is 367 g/mol. The topological polar surface area (TPSA) is 73.9 Å². The van der Waals surface area contributed by atoms with Gasteiger partial charge >= 0.3 is 0 Å². The summed E-state index contributed by atoms with van der Waals surface area (Å²) in [6, 6.07) is 6.90. The van der Waals surface area contributed by atoms with Crippen molar-refractivity contribution in [3.05, 3.63) is 53.0 Å². The van der Waals surface area contributed by atoms with Crippen LogP contribution in [0.15, 0.2) is 45.3 Å². The van der Waals surface area contributed by atoms with E-state index in [1.165, 1.54) is 6.33 Å². The van der Waals surface area contributed by atoms with Crippen LogP contribution in [0.3, 0.4) is 0 Å². The van der Waals surface area contributed by atoms with Gasteiger partial charge in [0, 0.05) is 5.02 Å². The van der Waals surface area contributed by atoms with E-state index in [-0.39, 0.29) is 22.7 Å². The maximum Gasteiger partial charge on any atom is 0.283 e. The van der Waals surface area contributed by atoms with Crippen LogP contribution in [0.2, 0.25) is 5.02 Å². The third-order valence-electron chi connectivity index (χ3n) is 2.97. The first-order valence-corrected chi connectivity index (χ1v) is 8.23. The van der Waals surface area contributed by atoms with E-state index in [2.05, 4.69) is 20.2 Å². The number of benzene rings is 1. The maximum atomic E-state index is 14.1. The molecule has 0 unspecified atom stereocenters. The molecule has 0 atom stereocenters. The highest BCUT2D eigenvalue weighted by Crippen LogP contribution is 2.28. The highest BCUT2D eigenvalue weighted by Gasteiger charge is 2.15. The third-order valence-corrected chi connectivity index (χ3v) is 4.04. The third kappa shape index (κ3) is 4.01. The van der Waals surface area contributed by atoms with Gasteiger partial charge in [-0.05, 0) is 42.4 Å². The van der Waals surface area contributed by atoms with Gasteiger partial charge < -0.3 is 9.15 Å². The smallest absolute Gasteiger partial charge is 0.283 e. The SMILES string of the molecule is CCc1ncnc(Sc2nnc(COc3ccc(Cl)cc3)o2)c1F. The molecule has 3 aromatic rings. The fraction of sp³-hybridized carbons (Fsp3) is 0.200. The first-order valence-electron chi connectivity index (χ1n) is 7.03. The molecule has 0 spiro atoms. The zero-order valence-electron chi connectivity index (χ0n) is 12.6. The van der Waals surface area contributed by atoms with E-state index >= 15 is 0 Å². The summed E-state index contributed by atoms with van der Waals surface area (Å²) in [6.45, 7) is 1.92. The number of hydrogen-bond acceptors (Lipinski definition) is 7. The van der Waals surface area contributed by atoms with E-state index in [0.717, 1.165) is 11.8 Å². The first kappa shape index (κ1) is 16.7. The van der Waals surface area contributed by atoms with E-state index in [0.29, 0.717) is 22.9 Å². The van der Waals surface area contributed by atoms with E-state index in [1.807, 2.05) is 6.92 Å². The van der Waals surface area contributed by atoms with Crippen LogP contribution in [0.5, 0.6) is 5.75 Å². The van der Waals surface area contributed by atoms with Crippen molar-refractivity contribution in [3.8, 4) is 5.75 Å². The lowest BCUT2D eigenvalue weighted by atomic mass is 10.3. The molecule has 6 nitrogen and oxygen atoms in total. The first-order chi connectivity index (χ1) is 11.7. The van der Waals surface area contributed by atoms with Crippen LogP contribution in [0.1, 0.15) is 18.5 Å². The van der Waals surface area contributed by atoms with Crippen molar-refractivity contribution < 1.29 is 13.5 Å². The zero-order valence-corrected chi connectivity index (χ0v) is 14.1. The summed E-state index contributed by atoms with van der Waals surface area (Å²) in [7, 11) is 0. The zero-order chi connectivity index (χ0) is 16.9. The van der Waals surface area contributed by atoms with Crippen LogP contribution < -0.4 is 4.74 Å². The standard InChI is InChI=1S/C15H12ClFN4O2S/c1-2-11-13(17)14(19-8-18-11)24-15-21-20-12(23-15)7-22-10-5-3-9(16)4-6-10/h3-6,8H,2,7H2,1H3. The number of nitrogens with zero attached hydrogens (tertiary/aromatic N) is 4. The highest BCUT2D eigenvalue weighted by atomic mass is 35.5. The maximum absolute atomic E-state index is 14.1. The highest BCUT2D eigenvalue weighted by molar-refractivity contribution is 7.99. The van der Waals surface area contributed by atoms with Gasteiger partial charge in [-0.15, -0.1) is 10.2 Å². The Kier molecular flexibility index (Phi) is 5.27. The molecule has 1 aromatic carbocycles. The molecule has 2 heterocycles. The number of halogens is 2. The lowest BCUT2D eigenvalue weighted by Gasteiger charge is -2.03. The number of ether oxygens (including phenoxy) is 1. The molecule has 0 bridgehead atoms. The molecule has 0 aliphatic rings. The van der Waals surface area contributed by atoms with E-state index in [9.17, 15) is 4.39 Å². The second kappa shape index (κ2) is 7.59. The van der Waals surface area contributed by atoms with Crippen molar-refractivity contribution >= 4 is 23.4 Å². The molecule has 0 N–H and O–H groups in total. The van der Waals surface area contributed by atoms with Gasteiger partial charge in [0.15, 0.2) is 12.4 Å². The summed E-state index contributed by atoms with van der Waals surface area (Å²) in [4.78, 5) is 7.78. The normalized spacial score (nSPS) is 10.8. The van der Waals surface area contributed by atoms with E-state index < -0.39 is 5.82 Å². The van der Waals surface area contributed by atoms with Crippen LogP contribution in [-0.4, -0.2) is 20.2 Å². The Morgan fingerprint density at radius 2 is 2.00 bits per heavy atom. The molecule has 24 heavy (non-hydrogen) atoms. The molecular weight excluding hydrogens is 355 g/mol. The Hall–Kier alpha value is -2.19. The van der Waals surface area contributed by atoms with Gasteiger partial charge in [-0.2, -0.15) is 0 Å². The molecule has 0 radical (unpaired) electrons. The van der Waals surface area contributed by atoms with Gasteiger partial charge in [0.25, 0.3) is 11.1 Å². The summed E-state index contributed by atoms with van der Waals surface area (Å²) in [5.74, 6) is 0.432. The minimum Gasteiger partial charge on any atom is -0.484 e. The van der Waals surface area contributed by atoms with Gasteiger partial charge in [-0.1, -0.05) is 18.5 Å². The van der Waals surface area contributed by atoms with Crippen molar-refractivity contribution in [2.75, 3.05) is 0 Å². The van der Waals surface area contributed by atoms with E-state index in [1.54, 1.807) is 24.3 Å². The van der Waals surface area contributed by atoms with Crippen molar-refractivity contribution in [1.29, 1.82) is 0 Å². The van der Waals surface area contributed by atoms with Gasteiger partial charge in [0.05, 0.1) is 5.69 Å². The molecular formula is C15H12ClFN4O2S. The van der Waals surface area contributed by atoms with Crippen LogP contribution in [0, 0.1) is 5.82 Å². The van der Waals surface area contributed by atoms with Crippen molar-refractivity contribution in [1.82, 2.24) is 20.2 Å². The minimum atomic E-state index is -0.470. The minimum absolute atomic E-state index is 0.0989. The molecule has 124 valence electrons. The van der Waals surface area contributed by atoms with Gasteiger partial charge in [-0.25, -0.2) is 14.4 Å². The average Bonchev–Trinajstić information content (AvgIpc) is 3.04. The molecule has 2 aromatic heterocycles. The number of rotatable bonds is 6. The molecule has 0 aliphatic carbocycles. The second-order valence-corrected chi connectivity index (χ2v) is 5.98. The summed E-state index contributed by atoms with van der Waals surface area (Å²) < 4.78 is 25.0. The Bertz CT molecular complexity index is 829. The summed E-state index contributed by atoms with van der Waals surface area (Å²) in [5.41, 5.74) is 0.346. The van der Waals surface area contributed by atoms with Crippen LogP contribution in [0.4, 0.5) is 4.39 Å². The van der Waals surface area contributed by atoms with Gasteiger partial charge in [0.1, 0.15) is 17.1 Å². The Balaban J connectivity index is 1.64. The molecule has 9 heteroatoms. The molecule has 0 amide bonds. The van der Waals surface area contributed by atoms with Crippen LogP contribution in [0.25, 0.3) is 0 Å². The van der Waals surface area contributed by atoms with Gasteiger partial charge in [-0.3, -0.25) is 0 Å². The number of aromatic nitrogens is 4. The summed E-state index contributed by atoms with van der Waals surface area (Å²) >= 11 is 6.75. The molecule has 0 aliphatic heterocycles. The Morgan fingerprint density at radius 1 is 1.21 bits per heavy atom. The van der Waals surface area contributed by atoms with Crippen molar-refractivity contribution in [2.45, 2.75) is 30.2 Å². The quantitative estimate of drug-likeness (QED) is 0.611. The van der Waals surface area contributed by atoms with Gasteiger partial charge in [0.2, 0.25) is 0 Å². The second-order valence-electron chi connectivity index (χ2n) is 4.60. The predicted octanol–water partition coefficient (Wildman–Crippen LogP) is 3.94. The van der Waals surface area contributed by atoms with Crippen LogP contribution >= 0.6 is 23.4 Å². The predicted molar refractivity (Wildman–Crippen MR) is 85.6 cm³/mol.